The first kappa shape index (κ1) is 17.8. The number of carbonyl (C=O) groups is 1. The van der Waals surface area contributed by atoms with E-state index >= 15 is 0 Å². The van der Waals surface area contributed by atoms with Crippen LogP contribution in [0.25, 0.3) is 0 Å². The van der Waals surface area contributed by atoms with Gasteiger partial charge < -0.3 is 4.74 Å². The Hall–Kier alpha value is -1.55. The molecule has 0 spiro atoms. The van der Waals surface area contributed by atoms with Crippen LogP contribution in [0.5, 0.6) is 0 Å². The van der Waals surface area contributed by atoms with Crippen molar-refractivity contribution in [2.75, 3.05) is 7.11 Å². The maximum Gasteiger partial charge on any atom is 0.349 e. The van der Waals surface area contributed by atoms with Crippen LogP contribution in [-0.4, -0.2) is 21.5 Å². The molecule has 2 aromatic rings. The molecular formula is C13H10ClF2NO4S2. The number of halogens is 3. The van der Waals surface area contributed by atoms with Crippen LogP contribution in [0, 0.1) is 11.6 Å². The molecule has 23 heavy (non-hydrogen) atoms. The molecular weight excluding hydrogens is 372 g/mol. The molecule has 0 atom stereocenters. The fourth-order valence-electron chi connectivity index (χ4n) is 1.73. The maximum absolute atomic E-state index is 13.8. The maximum atomic E-state index is 13.8. The fourth-order valence-corrected chi connectivity index (χ4v) is 4.23. The van der Waals surface area contributed by atoms with Crippen LogP contribution in [0.3, 0.4) is 0 Å². The number of esters is 1. The van der Waals surface area contributed by atoms with Crippen molar-refractivity contribution in [2.45, 2.75) is 11.4 Å². The molecule has 1 aromatic carbocycles. The predicted octanol–water partition coefficient (Wildman–Crippen LogP) is 2.94. The van der Waals surface area contributed by atoms with Crippen LogP contribution in [0.15, 0.2) is 28.5 Å². The van der Waals surface area contributed by atoms with E-state index in [1.165, 1.54) is 11.4 Å². The molecule has 2 rings (SSSR count). The quantitative estimate of drug-likeness (QED) is 0.638. The Morgan fingerprint density at radius 2 is 2.04 bits per heavy atom. The summed E-state index contributed by atoms with van der Waals surface area (Å²) in [6.07, 6.45) is 0. The van der Waals surface area contributed by atoms with Crippen LogP contribution >= 0.6 is 22.9 Å². The van der Waals surface area contributed by atoms with E-state index in [4.69, 9.17) is 11.6 Å². The van der Waals surface area contributed by atoms with E-state index in [9.17, 15) is 22.0 Å². The molecule has 10 heteroatoms. The Balaban J connectivity index is 2.29. The Morgan fingerprint density at radius 3 is 2.70 bits per heavy atom. The predicted molar refractivity (Wildman–Crippen MR) is 81.1 cm³/mol. The molecule has 0 fully saturated rings. The first-order valence-electron chi connectivity index (χ1n) is 6.05. The Bertz CT molecular complexity index is 852. The largest absolute Gasteiger partial charge is 0.465 e. The summed E-state index contributed by atoms with van der Waals surface area (Å²) in [5.41, 5.74) is -0.518. The molecule has 0 saturated heterocycles. The van der Waals surface area contributed by atoms with Crippen molar-refractivity contribution in [3.8, 4) is 0 Å². The van der Waals surface area contributed by atoms with Gasteiger partial charge in [-0.05, 0) is 23.6 Å². The first-order valence-corrected chi connectivity index (χ1v) is 8.80. The second-order valence-corrected chi connectivity index (χ2v) is 7.31. The third-order valence-electron chi connectivity index (χ3n) is 2.87. The highest BCUT2D eigenvalue weighted by molar-refractivity contribution is 7.89. The summed E-state index contributed by atoms with van der Waals surface area (Å²) in [6, 6.07) is 3.15. The summed E-state index contributed by atoms with van der Waals surface area (Å²) in [4.78, 5) is 11.1. The van der Waals surface area contributed by atoms with E-state index in [-0.39, 0.29) is 14.8 Å². The molecule has 0 saturated carbocycles. The van der Waals surface area contributed by atoms with Gasteiger partial charge in [0.1, 0.15) is 21.4 Å². The van der Waals surface area contributed by atoms with Crippen LogP contribution < -0.4 is 4.72 Å². The topological polar surface area (TPSA) is 72.5 Å². The zero-order chi connectivity index (χ0) is 17.2. The van der Waals surface area contributed by atoms with Gasteiger partial charge in [0.25, 0.3) is 0 Å². The number of carbonyl (C=O) groups excluding carboxylic acids is 1. The van der Waals surface area contributed by atoms with Crippen LogP contribution in [-0.2, 0) is 21.3 Å². The molecule has 0 amide bonds. The second kappa shape index (κ2) is 6.91. The highest BCUT2D eigenvalue weighted by Gasteiger charge is 2.25. The molecule has 0 bridgehead atoms. The molecule has 0 aliphatic heterocycles. The second-order valence-electron chi connectivity index (χ2n) is 4.25. The Labute approximate surface area is 139 Å². The van der Waals surface area contributed by atoms with E-state index in [0.717, 1.165) is 30.6 Å². The monoisotopic (exact) mass is 381 g/mol. The minimum atomic E-state index is -4.16. The van der Waals surface area contributed by atoms with Gasteiger partial charge in [0.15, 0.2) is 0 Å². The lowest BCUT2D eigenvalue weighted by atomic mass is 10.2. The Kier molecular flexibility index (Phi) is 5.35. The lowest BCUT2D eigenvalue weighted by Gasteiger charge is -2.09. The van der Waals surface area contributed by atoms with Crippen molar-refractivity contribution in [3.63, 3.8) is 0 Å². The van der Waals surface area contributed by atoms with E-state index < -0.39 is 39.7 Å². The highest BCUT2D eigenvalue weighted by Crippen LogP contribution is 2.24. The van der Waals surface area contributed by atoms with Crippen LogP contribution in [0.1, 0.15) is 15.2 Å². The minimum Gasteiger partial charge on any atom is -0.465 e. The Morgan fingerprint density at radius 1 is 1.35 bits per heavy atom. The van der Waals surface area contributed by atoms with Gasteiger partial charge in [0.2, 0.25) is 10.0 Å². The summed E-state index contributed by atoms with van der Waals surface area (Å²) in [6.45, 7) is -0.656. The lowest BCUT2D eigenvalue weighted by Crippen LogP contribution is -2.25. The summed E-state index contributed by atoms with van der Waals surface area (Å²) < 4.78 is 58.3. The minimum absolute atomic E-state index is 0.132. The van der Waals surface area contributed by atoms with E-state index in [1.807, 2.05) is 4.72 Å². The van der Waals surface area contributed by atoms with Gasteiger partial charge in [-0.25, -0.2) is 26.7 Å². The van der Waals surface area contributed by atoms with Gasteiger partial charge in [-0.2, -0.15) is 0 Å². The van der Waals surface area contributed by atoms with Gasteiger partial charge >= 0.3 is 5.97 Å². The van der Waals surface area contributed by atoms with E-state index in [1.54, 1.807) is 0 Å². The number of hydrogen-bond acceptors (Lipinski definition) is 5. The lowest BCUT2D eigenvalue weighted by molar-refractivity contribution is 0.0602. The molecule has 0 radical (unpaired) electrons. The van der Waals surface area contributed by atoms with E-state index in [0.29, 0.717) is 0 Å². The molecule has 1 aromatic heterocycles. The highest BCUT2D eigenvalue weighted by atomic mass is 35.5. The number of nitrogens with one attached hydrogen (secondary N) is 1. The van der Waals surface area contributed by atoms with Crippen LogP contribution in [0.2, 0.25) is 5.02 Å². The fraction of sp³-hybridized carbons (Fsp3) is 0.154. The number of hydrogen-bond donors (Lipinski definition) is 1. The summed E-state index contributed by atoms with van der Waals surface area (Å²) in [5.74, 6) is -2.80. The van der Waals surface area contributed by atoms with Crippen LogP contribution in [0.4, 0.5) is 8.78 Å². The van der Waals surface area contributed by atoms with Crippen molar-refractivity contribution in [1.29, 1.82) is 0 Å². The van der Waals surface area contributed by atoms with Crippen molar-refractivity contribution in [1.82, 2.24) is 4.72 Å². The van der Waals surface area contributed by atoms with Crippen molar-refractivity contribution >= 4 is 38.9 Å². The molecule has 0 unspecified atom stereocenters. The standard InChI is InChI=1S/C13H10ClF2NO4S2/c1-21-13(18)12-10(4-5-22-12)23(19,20)17-6-7-9(15)3-2-8(14)11(7)16/h2-5,17H,6H2,1H3. The van der Waals surface area contributed by atoms with Crippen molar-refractivity contribution < 1.29 is 26.7 Å². The molecule has 1 N–H and O–H groups in total. The number of methoxy groups -OCH3 is 1. The number of rotatable bonds is 5. The SMILES string of the molecule is COC(=O)c1sccc1S(=O)(=O)NCc1c(F)ccc(Cl)c1F. The molecule has 0 aliphatic carbocycles. The summed E-state index contributed by atoms with van der Waals surface area (Å²) in [5, 5.41) is 1.06. The van der Waals surface area contributed by atoms with Crippen molar-refractivity contribution in [3.05, 3.63) is 50.7 Å². The normalized spacial score (nSPS) is 11.5. The van der Waals surface area contributed by atoms with Gasteiger partial charge in [-0.1, -0.05) is 11.6 Å². The smallest absolute Gasteiger partial charge is 0.349 e. The average Bonchev–Trinajstić information content (AvgIpc) is 3.00. The van der Waals surface area contributed by atoms with Gasteiger partial charge in [0.05, 0.1) is 12.1 Å². The number of benzene rings is 1. The number of ether oxygens (including phenoxy) is 1. The van der Waals surface area contributed by atoms with Gasteiger partial charge in [0, 0.05) is 12.1 Å². The number of sulfonamides is 1. The number of thiophene rings is 1. The summed E-state index contributed by atoms with van der Waals surface area (Å²) in [7, 11) is -3.05. The third-order valence-corrected chi connectivity index (χ3v) is 5.63. The molecule has 124 valence electrons. The molecule has 5 nitrogen and oxygen atoms in total. The van der Waals surface area contributed by atoms with Crippen molar-refractivity contribution in [2.24, 2.45) is 0 Å². The van der Waals surface area contributed by atoms with E-state index in [2.05, 4.69) is 4.74 Å². The van der Waals surface area contributed by atoms with Gasteiger partial charge in [-0.15, -0.1) is 11.3 Å². The third kappa shape index (κ3) is 3.69. The zero-order valence-corrected chi connectivity index (χ0v) is 14.0. The molecule has 1 heterocycles. The zero-order valence-electron chi connectivity index (χ0n) is 11.6. The average molecular weight is 382 g/mol. The first-order chi connectivity index (χ1) is 10.8. The van der Waals surface area contributed by atoms with Gasteiger partial charge in [-0.3, -0.25) is 0 Å². The molecule has 0 aliphatic rings. The summed E-state index contributed by atoms with van der Waals surface area (Å²) >= 11 is 6.42.